The van der Waals surface area contributed by atoms with E-state index in [-0.39, 0.29) is 5.76 Å². The number of rotatable bonds is 0. The monoisotopic (exact) mass is 266 g/mol. The third kappa shape index (κ3) is 1.41. The highest BCUT2D eigenvalue weighted by Crippen LogP contribution is 2.28. The Bertz CT molecular complexity index is 332. The van der Waals surface area contributed by atoms with E-state index in [1.54, 1.807) is 6.08 Å². The third-order valence-corrected chi connectivity index (χ3v) is 5.74. The molecule has 4 heteroatoms. The molecule has 3 nitrogen and oxygen atoms in total. The van der Waals surface area contributed by atoms with Gasteiger partial charge in [0.15, 0.2) is 5.76 Å². The molecule has 0 radical (unpaired) electrons. The van der Waals surface area contributed by atoms with Crippen molar-refractivity contribution in [1.82, 2.24) is 0 Å². The summed E-state index contributed by atoms with van der Waals surface area (Å²) in [5.74, 6) is 0.0378. The smallest absolute Gasteiger partial charge is 0.161 e. The molecule has 0 aromatic heterocycles. The Kier molecular flexibility index (Phi) is 2.24. The minimum atomic E-state index is -1.63. The van der Waals surface area contributed by atoms with Gasteiger partial charge in [-0.3, -0.25) is 5.73 Å². The van der Waals surface area contributed by atoms with Crippen molar-refractivity contribution in [3.05, 3.63) is 21.1 Å². The van der Waals surface area contributed by atoms with Crippen molar-refractivity contribution in [1.29, 1.82) is 0 Å². The fraction of sp³-hybridized carbons (Fsp3) is 0.143. The number of aliphatic hydroxyl groups excluding tert-OH is 1. The van der Waals surface area contributed by atoms with Crippen molar-refractivity contribution in [2.45, 2.75) is 6.92 Å². The zero-order valence-electron chi connectivity index (χ0n) is 6.26. The standard InChI is InChI=1S/C7H11IN2O/c1-4-3-5(9)6(11)7(10)8(4)2/h3,11H,2,9-10H2,1H3. The summed E-state index contributed by atoms with van der Waals surface area (Å²) < 4.78 is 5.55. The molecule has 1 rings (SSSR count). The summed E-state index contributed by atoms with van der Waals surface area (Å²) in [7, 11) is 0. The first-order valence-corrected chi connectivity index (χ1v) is 6.71. The van der Waals surface area contributed by atoms with Gasteiger partial charge < -0.3 is 10.8 Å². The van der Waals surface area contributed by atoms with Crippen molar-refractivity contribution in [3.63, 3.8) is 0 Å². The maximum Gasteiger partial charge on any atom is 0.161 e. The molecule has 0 bridgehead atoms. The van der Waals surface area contributed by atoms with E-state index in [1.165, 1.54) is 0 Å². The Balaban J connectivity index is 3.40. The largest absolute Gasteiger partial charge is 0.504 e. The molecule has 1 heterocycles. The lowest BCUT2D eigenvalue weighted by atomic mass is 10.3. The number of nitrogens with two attached hydrogens (primary N) is 2. The Hall–Kier alpha value is -0.490. The molecule has 0 fully saturated rings. The van der Waals surface area contributed by atoms with Gasteiger partial charge in [0, 0.05) is 0 Å². The number of aliphatic hydroxyl groups is 1. The zero-order chi connectivity index (χ0) is 8.59. The molecule has 0 spiro atoms. The molecule has 0 aromatic carbocycles. The first kappa shape index (κ1) is 8.61. The van der Waals surface area contributed by atoms with Crippen LogP contribution in [-0.4, -0.2) is 13.3 Å². The van der Waals surface area contributed by atoms with E-state index >= 15 is 0 Å². The lowest BCUT2D eigenvalue weighted by molar-refractivity contribution is 0.438. The van der Waals surface area contributed by atoms with Crippen LogP contribution in [0.2, 0.25) is 0 Å². The molecule has 0 atom stereocenters. The maximum absolute atomic E-state index is 9.28. The minimum Gasteiger partial charge on any atom is -0.504 e. The van der Waals surface area contributed by atoms with Gasteiger partial charge in [-0.25, -0.2) is 0 Å². The van der Waals surface area contributed by atoms with Crippen molar-refractivity contribution in [3.8, 4) is 0 Å². The lowest BCUT2D eigenvalue weighted by Gasteiger charge is -2.11. The van der Waals surface area contributed by atoms with Crippen LogP contribution in [0.25, 0.3) is 0 Å². The van der Waals surface area contributed by atoms with E-state index in [9.17, 15) is 5.11 Å². The van der Waals surface area contributed by atoms with Crippen molar-refractivity contribution >= 4 is 27.0 Å². The van der Waals surface area contributed by atoms with Gasteiger partial charge in [0.1, 0.15) is 0 Å². The van der Waals surface area contributed by atoms with Crippen LogP contribution in [0.1, 0.15) is 6.92 Å². The fourth-order valence-corrected chi connectivity index (χ4v) is 3.31. The fourth-order valence-electron chi connectivity index (χ4n) is 0.755. The molecule has 0 unspecified atom stereocenters. The van der Waals surface area contributed by atoms with E-state index < -0.39 is 18.9 Å². The van der Waals surface area contributed by atoms with Crippen LogP contribution in [0.4, 0.5) is 0 Å². The van der Waals surface area contributed by atoms with Crippen molar-refractivity contribution < 1.29 is 5.11 Å². The van der Waals surface area contributed by atoms with Gasteiger partial charge in [-0.2, -0.15) is 0 Å². The lowest BCUT2D eigenvalue weighted by Crippen LogP contribution is -2.19. The molecular weight excluding hydrogens is 255 g/mol. The van der Waals surface area contributed by atoms with Gasteiger partial charge in [-0.15, -0.1) is 18.9 Å². The predicted octanol–water partition coefficient (Wildman–Crippen LogP) is 0.659. The number of allylic oxidation sites excluding steroid dienone is 2. The van der Waals surface area contributed by atoms with E-state index in [0.717, 1.165) is 3.58 Å². The van der Waals surface area contributed by atoms with Crippen LogP contribution in [0.5, 0.6) is 0 Å². The number of hydrogen-bond acceptors (Lipinski definition) is 3. The Morgan fingerprint density at radius 3 is 2.64 bits per heavy atom. The number of halogens is 1. The van der Waals surface area contributed by atoms with Crippen LogP contribution < -0.4 is 11.5 Å². The van der Waals surface area contributed by atoms with Crippen LogP contribution in [0, 0.1) is 0 Å². The molecule has 0 aliphatic carbocycles. The van der Waals surface area contributed by atoms with Gasteiger partial charge in [0.05, 0.1) is 9.33 Å². The molecule has 0 saturated carbocycles. The average Bonchev–Trinajstić information content (AvgIpc) is 1.97. The summed E-state index contributed by atoms with van der Waals surface area (Å²) in [5.41, 5.74) is 11.4. The van der Waals surface area contributed by atoms with Crippen LogP contribution in [0.3, 0.4) is 0 Å². The summed E-state index contributed by atoms with van der Waals surface area (Å²) in [6.45, 7) is 1.95. The van der Waals surface area contributed by atoms with Crippen LogP contribution in [-0.2, 0) is 0 Å². The molecule has 5 N–H and O–H groups in total. The van der Waals surface area contributed by atoms with E-state index in [1.807, 2.05) is 6.92 Å². The molecule has 0 amide bonds. The molecule has 1 aliphatic rings. The van der Waals surface area contributed by atoms with Crippen molar-refractivity contribution in [2.75, 3.05) is 0 Å². The molecule has 0 saturated heterocycles. The van der Waals surface area contributed by atoms with Gasteiger partial charge >= 0.3 is 0 Å². The van der Waals surface area contributed by atoms with E-state index in [0.29, 0.717) is 9.33 Å². The van der Waals surface area contributed by atoms with Gasteiger partial charge in [0.2, 0.25) is 0 Å². The summed E-state index contributed by atoms with van der Waals surface area (Å²) in [6, 6.07) is 0. The van der Waals surface area contributed by atoms with E-state index in [2.05, 4.69) is 4.51 Å². The second kappa shape index (κ2) is 2.86. The highest BCUT2D eigenvalue weighted by atomic mass is 127. The second-order valence-corrected chi connectivity index (χ2v) is 7.17. The Morgan fingerprint density at radius 2 is 2.09 bits per heavy atom. The SMILES string of the molecule is C=I1=C(N)C(O)=C(N)C=C1C. The summed E-state index contributed by atoms with van der Waals surface area (Å²) in [4.78, 5) is 0. The molecule has 1 aliphatic heterocycles. The summed E-state index contributed by atoms with van der Waals surface area (Å²) >= 11 is -1.63. The predicted molar refractivity (Wildman–Crippen MR) is 57.9 cm³/mol. The summed E-state index contributed by atoms with van der Waals surface area (Å²) in [5, 5.41) is 9.28. The Labute approximate surface area is 71.7 Å². The first-order chi connectivity index (χ1) is 5.04. The van der Waals surface area contributed by atoms with Gasteiger partial charge in [0.25, 0.3) is 0 Å². The molecule has 11 heavy (non-hydrogen) atoms. The molecule has 0 aromatic rings. The second-order valence-electron chi connectivity index (χ2n) is 2.24. The quantitative estimate of drug-likeness (QED) is 0.564. The van der Waals surface area contributed by atoms with Gasteiger partial charge in [-0.05, 0) is 16.6 Å². The Morgan fingerprint density at radius 1 is 1.55 bits per heavy atom. The summed E-state index contributed by atoms with van der Waals surface area (Å²) in [6.07, 6.45) is 1.75. The number of hydrogen-bond donors (Lipinski definition) is 3. The molecule has 62 valence electrons. The highest BCUT2D eigenvalue weighted by Gasteiger charge is 2.09. The maximum atomic E-state index is 9.28. The third-order valence-electron chi connectivity index (χ3n) is 1.46. The van der Waals surface area contributed by atoms with Gasteiger partial charge in [-0.1, -0.05) is 4.51 Å². The van der Waals surface area contributed by atoms with Crippen LogP contribution >= 0.6 is 18.9 Å². The van der Waals surface area contributed by atoms with Crippen LogP contribution in [0.15, 0.2) is 21.1 Å². The first-order valence-electron chi connectivity index (χ1n) is 3.02. The zero-order valence-corrected chi connectivity index (χ0v) is 8.42. The topological polar surface area (TPSA) is 72.3 Å². The average molecular weight is 266 g/mol. The molecular formula is C7H11IN2O. The minimum absolute atomic E-state index is 0.0378. The van der Waals surface area contributed by atoms with E-state index in [4.69, 9.17) is 11.5 Å². The highest BCUT2D eigenvalue weighted by molar-refractivity contribution is 14.2. The van der Waals surface area contributed by atoms with Crippen molar-refractivity contribution in [2.24, 2.45) is 11.5 Å². The normalized spacial score (nSPS) is 20.5.